The fourth-order valence-electron chi connectivity index (χ4n) is 1.41. The van der Waals surface area contributed by atoms with E-state index in [1.807, 2.05) is 30.3 Å². The van der Waals surface area contributed by atoms with Gasteiger partial charge in [0.1, 0.15) is 20.9 Å². The molecule has 4 nitrogen and oxygen atoms in total. The Labute approximate surface area is 129 Å². The van der Waals surface area contributed by atoms with E-state index in [4.69, 9.17) is 5.11 Å². The Morgan fingerprint density at radius 3 is 2.75 bits per heavy atom. The Morgan fingerprint density at radius 2 is 2.10 bits per heavy atom. The number of aromatic nitrogens is 1. The Hall–Kier alpha value is -1.49. The first-order chi connectivity index (χ1) is 9.70. The third-order valence-electron chi connectivity index (χ3n) is 2.29. The van der Waals surface area contributed by atoms with Gasteiger partial charge in [0.25, 0.3) is 0 Å². The molecule has 2 rings (SSSR count). The van der Waals surface area contributed by atoms with Crippen LogP contribution in [-0.4, -0.2) is 21.2 Å². The number of aliphatic carboxylic acids is 1. The van der Waals surface area contributed by atoms with Crippen molar-refractivity contribution in [3.05, 3.63) is 41.5 Å². The minimum atomic E-state index is -0.897. The average Bonchev–Trinajstić information content (AvgIpc) is 2.86. The lowest BCUT2D eigenvalue weighted by Gasteiger charge is -1.99. The molecule has 0 fully saturated rings. The summed E-state index contributed by atoms with van der Waals surface area (Å²) in [7, 11) is 0. The number of nitriles is 1. The van der Waals surface area contributed by atoms with Crippen molar-refractivity contribution in [1.29, 1.82) is 5.26 Å². The normalized spacial score (nSPS) is 10.2. The van der Waals surface area contributed by atoms with Gasteiger partial charge in [-0.15, -0.1) is 11.8 Å². The molecule has 0 unspecified atom stereocenters. The number of carbonyl (C=O) groups is 1. The van der Waals surface area contributed by atoms with E-state index in [1.54, 1.807) is 0 Å². The van der Waals surface area contributed by atoms with Gasteiger partial charge in [0, 0.05) is 5.75 Å². The lowest BCUT2D eigenvalue weighted by Crippen LogP contribution is -1.97. The van der Waals surface area contributed by atoms with E-state index in [1.165, 1.54) is 23.3 Å². The zero-order valence-corrected chi connectivity index (χ0v) is 12.7. The van der Waals surface area contributed by atoms with Gasteiger partial charge in [0.15, 0.2) is 0 Å². The van der Waals surface area contributed by atoms with Crippen molar-refractivity contribution in [3.63, 3.8) is 0 Å². The van der Waals surface area contributed by atoms with Crippen LogP contribution in [0, 0.1) is 11.3 Å². The van der Waals surface area contributed by atoms with E-state index in [2.05, 4.69) is 10.4 Å². The second-order valence-corrected chi connectivity index (χ2v) is 6.70. The number of hydrogen-bond acceptors (Lipinski definition) is 6. The number of hydrogen-bond donors (Lipinski definition) is 1. The number of benzene rings is 1. The van der Waals surface area contributed by atoms with Crippen LogP contribution in [0.15, 0.2) is 39.6 Å². The molecule has 0 saturated carbocycles. The molecule has 0 atom stereocenters. The highest BCUT2D eigenvalue weighted by Gasteiger charge is 2.15. The number of thioether (sulfide) groups is 2. The van der Waals surface area contributed by atoms with Crippen LogP contribution in [0.3, 0.4) is 0 Å². The number of carboxylic acids is 1. The lowest BCUT2D eigenvalue weighted by atomic mass is 10.2. The summed E-state index contributed by atoms with van der Waals surface area (Å²) in [6.07, 6.45) is 0. The summed E-state index contributed by atoms with van der Waals surface area (Å²) in [4.78, 5) is 10.6. The zero-order chi connectivity index (χ0) is 14.4. The first-order valence-electron chi connectivity index (χ1n) is 5.62. The molecule has 0 spiro atoms. The first kappa shape index (κ1) is 14.9. The van der Waals surface area contributed by atoms with Crippen LogP contribution < -0.4 is 0 Å². The van der Waals surface area contributed by atoms with Gasteiger partial charge in [-0.2, -0.15) is 9.64 Å². The summed E-state index contributed by atoms with van der Waals surface area (Å²) in [6.45, 7) is 0. The molecule has 1 aromatic heterocycles. The molecule has 7 heteroatoms. The first-order valence-corrected chi connectivity index (χ1v) is 8.36. The molecule has 0 saturated heterocycles. The topological polar surface area (TPSA) is 74.0 Å². The lowest BCUT2D eigenvalue weighted by molar-refractivity contribution is -0.133. The summed E-state index contributed by atoms with van der Waals surface area (Å²) < 4.78 is 4.92. The van der Waals surface area contributed by atoms with Crippen molar-refractivity contribution in [2.24, 2.45) is 0 Å². The van der Waals surface area contributed by atoms with Crippen molar-refractivity contribution >= 4 is 41.0 Å². The van der Waals surface area contributed by atoms with Crippen molar-refractivity contribution in [2.45, 2.75) is 15.0 Å². The van der Waals surface area contributed by atoms with Gasteiger partial charge in [0.05, 0.1) is 5.75 Å². The van der Waals surface area contributed by atoms with Crippen LogP contribution in [0.1, 0.15) is 11.1 Å². The summed E-state index contributed by atoms with van der Waals surface area (Å²) in [6, 6.07) is 12.0. The Kier molecular flexibility index (Phi) is 5.47. The predicted molar refractivity (Wildman–Crippen MR) is 81.2 cm³/mol. The van der Waals surface area contributed by atoms with E-state index in [-0.39, 0.29) is 5.75 Å². The number of carboxylic acid groups (broad SMARTS) is 1. The molecule has 0 aliphatic carbocycles. The van der Waals surface area contributed by atoms with Gasteiger partial charge < -0.3 is 5.11 Å². The van der Waals surface area contributed by atoms with Gasteiger partial charge in [-0.1, -0.05) is 42.1 Å². The Morgan fingerprint density at radius 1 is 1.35 bits per heavy atom. The van der Waals surface area contributed by atoms with Crippen LogP contribution in [0.5, 0.6) is 0 Å². The van der Waals surface area contributed by atoms with Crippen LogP contribution in [0.2, 0.25) is 0 Å². The molecule has 0 amide bonds. The highest BCUT2D eigenvalue weighted by Crippen LogP contribution is 2.35. The van der Waals surface area contributed by atoms with Crippen LogP contribution in [-0.2, 0) is 10.5 Å². The molecule has 1 aromatic carbocycles. The predicted octanol–water partition coefficient (Wildman–Crippen LogP) is 3.48. The fraction of sp³-hybridized carbons (Fsp3) is 0.154. The Balaban J connectivity index is 2.05. The smallest absolute Gasteiger partial charge is 0.313 e. The van der Waals surface area contributed by atoms with E-state index in [9.17, 15) is 10.1 Å². The van der Waals surface area contributed by atoms with Crippen molar-refractivity contribution in [3.8, 4) is 6.07 Å². The van der Waals surface area contributed by atoms with Crippen molar-refractivity contribution in [2.75, 3.05) is 5.75 Å². The summed E-state index contributed by atoms with van der Waals surface area (Å²) in [5, 5.41) is 18.5. The molecule has 0 bridgehead atoms. The van der Waals surface area contributed by atoms with E-state index in [0.717, 1.165) is 23.1 Å². The molecule has 20 heavy (non-hydrogen) atoms. The molecule has 0 aliphatic heterocycles. The molecule has 1 N–H and O–H groups in total. The molecule has 2 aromatic rings. The summed E-state index contributed by atoms with van der Waals surface area (Å²) in [5.74, 6) is -0.215. The van der Waals surface area contributed by atoms with Crippen LogP contribution in [0.25, 0.3) is 0 Å². The van der Waals surface area contributed by atoms with E-state index in [0.29, 0.717) is 14.8 Å². The number of rotatable bonds is 6. The van der Waals surface area contributed by atoms with Crippen LogP contribution >= 0.6 is 35.1 Å². The minimum Gasteiger partial charge on any atom is -0.481 e. The molecule has 0 radical (unpaired) electrons. The van der Waals surface area contributed by atoms with Gasteiger partial charge in [-0.25, -0.2) is 0 Å². The SMILES string of the molecule is N#Cc1c(SCc2ccccc2)nsc1SCC(=O)O. The number of nitrogens with zero attached hydrogens (tertiary/aromatic N) is 2. The fourth-order valence-corrected chi connectivity index (χ4v) is 4.18. The minimum absolute atomic E-state index is 0.0559. The highest BCUT2D eigenvalue weighted by molar-refractivity contribution is 8.02. The van der Waals surface area contributed by atoms with E-state index >= 15 is 0 Å². The molecule has 102 valence electrons. The van der Waals surface area contributed by atoms with Gasteiger partial charge in [-0.3, -0.25) is 4.79 Å². The maximum Gasteiger partial charge on any atom is 0.313 e. The van der Waals surface area contributed by atoms with E-state index < -0.39 is 5.97 Å². The quantitative estimate of drug-likeness (QED) is 0.821. The molecular weight excluding hydrogens is 312 g/mol. The molecule has 1 heterocycles. The zero-order valence-electron chi connectivity index (χ0n) is 10.3. The van der Waals surface area contributed by atoms with Crippen LogP contribution in [0.4, 0.5) is 0 Å². The molecule has 0 aliphatic rings. The summed E-state index contributed by atoms with van der Waals surface area (Å²) >= 11 is 3.82. The second kappa shape index (κ2) is 7.33. The van der Waals surface area contributed by atoms with Gasteiger partial charge in [-0.05, 0) is 17.1 Å². The standard InChI is InChI=1S/C13H10N2O2S3/c14-6-10-12(15-20-13(10)19-8-11(16)17)18-7-9-4-2-1-3-5-9/h1-5H,7-8H2,(H,16,17). The van der Waals surface area contributed by atoms with Crippen molar-refractivity contribution in [1.82, 2.24) is 4.37 Å². The average molecular weight is 322 g/mol. The van der Waals surface area contributed by atoms with Gasteiger partial charge in [0.2, 0.25) is 0 Å². The maximum absolute atomic E-state index is 10.6. The largest absolute Gasteiger partial charge is 0.481 e. The third-order valence-corrected chi connectivity index (χ3v) is 5.53. The van der Waals surface area contributed by atoms with Crippen molar-refractivity contribution < 1.29 is 9.90 Å². The second-order valence-electron chi connectivity index (χ2n) is 3.72. The summed E-state index contributed by atoms with van der Waals surface area (Å²) in [5.41, 5.74) is 1.65. The van der Waals surface area contributed by atoms with Gasteiger partial charge >= 0.3 is 5.97 Å². The maximum atomic E-state index is 10.6. The monoisotopic (exact) mass is 322 g/mol. The Bertz CT molecular complexity index is 635. The highest BCUT2D eigenvalue weighted by atomic mass is 32.2. The molecular formula is C13H10N2O2S3. The third kappa shape index (κ3) is 4.00.